The average Bonchev–Trinajstić information content (AvgIpc) is 2.53. The van der Waals surface area contributed by atoms with Gasteiger partial charge in [0, 0.05) is 18.0 Å². The lowest BCUT2D eigenvalue weighted by Gasteiger charge is -2.19. The van der Waals surface area contributed by atoms with Gasteiger partial charge in [0.2, 0.25) is 5.91 Å². The average molecular weight is 298 g/mol. The third-order valence-corrected chi connectivity index (χ3v) is 4.29. The Morgan fingerprint density at radius 3 is 2.71 bits per heavy atom. The fourth-order valence-corrected chi connectivity index (χ4v) is 2.98. The molecule has 0 bridgehead atoms. The molecule has 0 spiro atoms. The molecule has 0 aliphatic rings. The van der Waals surface area contributed by atoms with Crippen molar-refractivity contribution in [2.75, 3.05) is 18.8 Å². The van der Waals surface area contributed by atoms with Crippen molar-refractivity contribution < 1.29 is 4.79 Å². The second-order valence-electron chi connectivity index (χ2n) is 4.68. The van der Waals surface area contributed by atoms with E-state index < -0.39 is 0 Å². The maximum Gasteiger partial charge on any atom is 0.232 e. The summed E-state index contributed by atoms with van der Waals surface area (Å²) in [4.78, 5) is 14.9. The van der Waals surface area contributed by atoms with Crippen molar-refractivity contribution >= 4 is 28.4 Å². The number of carbonyl (C=O) groups excluding carboxylic acids is 1. The normalized spacial score (nSPS) is 10.3. The lowest BCUT2D eigenvalue weighted by Crippen LogP contribution is -2.33. The van der Waals surface area contributed by atoms with E-state index in [1.165, 1.54) is 10.8 Å². The van der Waals surface area contributed by atoms with Gasteiger partial charge >= 0.3 is 0 Å². The van der Waals surface area contributed by atoms with Crippen molar-refractivity contribution in [3.05, 3.63) is 42.5 Å². The second kappa shape index (κ2) is 7.70. The number of nitrogens with zero attached hydrogens (tertiary/aromatic N) is 2. The molecule has 0 saturated heterocycles. The number of hydrogen-bond acceptors (Lipinski definition) is 3. The van der Waals surface area contributed by atoms with E-state index in [0.29, 0.717) is 25.3 Å². The molecule has 3 nitrogen and oxygen atoms in total. The molecule has 21 heavy (non-hydrogen) atoms. The molecule has 4 heteroatoms. The number of nitriles is 1. The Labute approximate surface area is 129 Å². The molecule has 0 fully saturated rings. The van der Waals surface area contributed by atoms with Gasteiger partial charge < -0.3 is 4.90 Å². The van der Waals surface area contributed by atoms with Gasteiger partial charge in [-0.1, -0.05) is 30.3 Å². The molecule has 0 saturated carbocycles. The second-order valence-corrected chi connectivity index (χ2v) is 5.73. The first-order valence-corrected chi connectivity index (χ1v) is 7.99. The van der Waals surface area contributed by atoms with Crippen molar-refractivity contribution in [3.63, 3.8) is 0 Å². The summed E-state index contributed by atoms with van der Waals surface area (Å²) < 4.78 is 0. The van der Waals surface area contributed by atoms with Crippen LogP contribution in [0.25, 0.3) is 10.8 Å². The Balaban J connectivity index is 1.97. The number of fused-ring (bicyclic) bond motifs is 1. The van der Waals surface area contributed by atoms with Crippen molar-refractivity contribution in [1.82, 2.24) is 4.90 Å². The minimum atomic E-state index is 0.0888. The van der Waals surface area contributed by atoms with Crippen LogP contribution in [0.1, 0.15) is 13.3 Å². The van der Waals surface area contributed by atoms with Crippen molar-refractivity contribution in [2.24, 2.45) is 0 Å². The first-order chi connectivity index (χ1) is 10.2. The van der Waals surface area contributed by atoms with Crippen LogP contribution >= 0.6 is 11.8 Å². The maximum atomic E-state index is 12.1. The lowest BCUT2D eigenvalue weighted by molar-refractivity contribution is -0.128. The predicted octanol–water partition coefficient (Wildman–Crippen LogP) is 3.69. The van der Waals surface area contributed by atoms with Crippen LogP contribution in [0.4, 0.5) is 0 Å². The van der Waals surface area contributed by atoms with E-state index in [2.05, 4.69) is 30.3 Å². The molecular formula is C17H18N2OS. The van der Waals surface area contributed by atoms with Crippen LogP contribution < -0.4 is 0 Å². The van der Waals surface area contributed by atoms with Gasteiger partial charge in [-0.15, -0.1) is 11.8 Å². The summed E-state index contributed by atoms with van der Waals surface area (Å²) in [5, 5.41) is 11.0. The smallest absolute Gasteiger partial charge is 0.232 e. The first kappa shape index (κ1) is 15.4. The maximum absolute atomic E-state index is 12.1. The van der Waals surface area contributed by atoms with Gasteiger partial charge in [-0.2, -0.15) is 5.26 Å². The number of carbonyl (C=O) groups is 1. The Kier molecular flexibility index (Phi) is 5.65. The highest BCUT2D eigenvalue weighted by atomic mass is 32.2. The molecule has 0 N–H and O–H groups in total. The van der Waals surface area contributed by atoms with Gasteiger partial charge in [0.05, 0.1) is 18.2 Å². The topological polar surface area (TPSA) is 44.1 Å². The largest absolute Gasteiger partial charge is 0.341 e. The molecule has 108 valence electrons. The van der Waals surface area contributed by atoms with E-state index in [0.717, 1.165) is 4.90 Å². The Morgan fingerprint density at radius 1 is 1.24 bits per heavy atom. The molecular weight excluding hydrogens is 280 g/mol. The van der Waals surface area contributed by atoms with Gasteiger partial charge in [-0.05, 0) is 29.8 Å². The fourth-order valence-electron chi connectivity index (χ4n) is 2.14. The van der Waals surface area contributed by atoms with Crippen LogP contribution in [-0.4, -0.2) is 29.6 Å². The van der Waals surface area contributed by atoms with Gasteiger partial charge in [0.15, 0.2) is 0 Å². The van der Waals surface area contributed by atoms with Crippen LogP contribution in [0.15, 0.2) is 47.4 Å². The number of hydrogen-bond donors (Lipinski definition) is 0. The zero-order chi connectivity index (χ0) is 15.1. The van der Waals surface area contributed by atoms with Crippen LogP contribution in [-0.2, 0) is 4.79 Å². The number of thioether (sulfide) groups is 1. The molecule has 2 rings (SSSR count). The summed E-state index contributed by atoms with van der Waals surface area (Å²) in [5.74, 6) is 0.503. The van der Waals surface area contributed by atoms with E-state index in [4.69, 9.17) is 5.26 Å². The van der Waals surface area contributed by atoms with Crippen molar-refractivity contribution in [3.8, 4) is 6.07 Å². The highest BCUT2D eigenvalue weighted by Gasteiger charge is 2.11. The van der Waals surface area contributed by atoms with Gasteiger partial charge in [0.25, 0.3) is 0 Å². The minimum absolute atomic E-state index is 0.0888. The van der Waals surface area contributed by atoms with E-state index in [1.807, 2.05) is 25.1 Å². The zero-order valence-electron chi connectivity index (χ0n) is 12.1. The molecule has 0 unspecified atom stereocenters. The summed E-state index contributed by atoms with van der Waals surface area (Å²) >= 11 is 1.55. The van der Waals surface area contributed by atoms with E-state index in [1.54, 1.807) is 16.7 Å². The van der Waals surface area contributed by atoms with Crippen LogP contribution in [0.3, 0.4) is 0 Å². The fraction of sp³-hybridized carbons (Fsp3) is 0.294. The van der Waals surface area contributed by atoms with Gasteiger partial charge in [-0.25, -0.2) is 0 Å². The summed E-state index contributed by atoms with van der Waals surface area (Å²) in [6.07, 6.45) is 0.389. The molecule has 2 aromatic carbocycles. The van der Waals surface area contributed by atoms with E-state index >= 15 is 0 Å². The lowest BCUT2D eigenvalue weighted by atomic mass is 10.1. The third kappa shape index (κ3) is 4.24. The van der Waals surface area contributed by atoms with Crippen LogP contribution in [0, 0.1) is 11.3 Å². The van der Waals surface area contributed by atoms with E-state index in [9.17, 15) is 4.79 Å². The van der Waals surface area contributed by atoms with Crippen LogP contribution in [0.5, 0.6) is 0 Å². The van der Waals surface area contributed by atoms with Crippen molar-refractivity contribution in [1.29, 1.82) is 5.26 Å². The number of benzene rings is 2. The van der Waals surface area contributed by atoms with Crippen molar-refractivity contribution in [2.45, 2.75) is 18.2 Å². The Hall–Kier alpha value is -1.99. The molecule has 0 radical (unpaired) electrons. The standard InChI is InChI=1S/C17H18N2OS/c1-2-19(11-5-10-18)17(20)13-21-16-9-8-14-6-3-4-7-15(14)12-16/h3-4,6-9,12H,2,5,11,13H2,1H3. The summed E-state index contributed by atoms with van der Waals surface area (Å²) in [7, 11) is 0. The quantitative estimate of drug-likeness (QED) is 0.764. The molecule has 1 amide bonds. The van der Waals surface area contributed by atoms with Crippen LogP contribution in [0.2, 0.25) is 0 Å². The molecule has 0 atom stereocenters. The van der Waals surface area contributed by atoms with E-state index in [-0.39, 0.29) is 5.91 Å². The third-order valence-electron chi connectivity index (χ3n) is 3.31. The summed E-state index contributed by atoms with van der Waals surface area (Å²) in [6.45, 7) is 3.11. The Morgan fingerprint density at radius 2 is 2.00 bits per heavy atom. The minimum Gasteiger partial charge on any atom is -0.341 e. The van der Waals surface area contributed by atoms with Gasteiger partial charge in [-0.3, -0.25) is 4.79 Å². The summed E-state index contributed by atoms with van der Waals surface area (Å²) in [5.41, 5.74) is 0. The molecule has 0 aliphatic carbocycles. The number of amides is 1. The predicted molar refractivity (Wildman–Crippen MR) is 87.2 cm³/mol. The Bertz CT molecular complexity index is 663. The summed E-state index contributed by atoms with van der Waals surface area (Å²) in [6, 6.07) is 16.5. The molecule has 0 aliphatic heterocycles. The highest BCUT2D eigenvalue weighted by Crippen LogP contribution is 2.23. The number of rotatable bonds is 6. The highest BCUT2D eigenvalue weighted by molar-refractivity contribution is 8.00. The monoisotopic (exact) mass is 298 g/mol. The van der Waals surface area contributed by atoms with Gasteiger partial charge in [0.1, 0.15) is 0 Å². The SMILES string of the molecule is CCN(CCC#N)C(=O)CSc1ccc2ccccc2c1. The zero-order valence-corrected chi connectivity index (χ0v) is 12.9. The molecule has 0 aromatic heterocycles. The molecule has 2 aromatic rings. The molecule has 0 heterocycles. The first-order valence-electron chi connectivity index (χ1n) is 7.01.